The molecule has 0 saturated heterocycles. The molecule has 2 aromatic carbocycles. The van der Waals surface area contributed by atoms with Gasteiger partial charge < -0.3 is 19.5 Å². The smallest absolute Gasteiger partial charge is 0.231 e. The number of Topliss-reactive ketones (excluding diaryl/α,β-unsaturated/α-hetero) is 1. The third-order valence-electron chi connectivity index (χ3n) is 4.84. The summed E-state index contributed by atoms with van der Waals surface area (Å²) >= 11 is 0. The molecule has 28 heavy (non-hydrogen) atoms. The maximum Gasteiger partial charge on any atom is 0.231 e. The van der Waals surface area contributed by atoms with E-state index < -0.39 is 0 Å². The van der Waals surface area contributed by atoms with E-state index in [0.717, 1.165) is 24.9 Å². The third-order valence-corrected chi connectivity index (χ3v) is 4.84. The second kappa shape index (κ2) is 8.93. The van der Waals surface area contributed by atoms with Crippen molar-refractivity contribution in [3.8, 4) is 17.2 Å². The number of carbonyl (C=O) groups excluding carboxylic acids is 1. The molecule has 148 valence electrons. The fourth-order valence-electron chi connectivity index (χ4n) is 3.35. The minimum Gasteiger partial charge on any atom is -0.872 e. The molecule has 1 unspecified atom stereocenters. The Bertz CT molecular complexity index is 888. The van der Waals surface area contributed by atoms with Crippen LogP contribution in [0.5, 0.6) is 17.2 Å². The molecule has 0 spiro atoms. The van der Waals surface area contributed by atoms with Gasteiger partial charge in [-0.15, -0.1) is 0 Å². The van der Waals surface area contributed by atoms with E-state index in [0.29, 0.717) is 35.8 Å². The molecule has 0 aliphatic carbocycles. The molecule has 1 N–H and O–H groups in total. The molecule has 2 aromatic rings. The Morgan fingerprint density at radius 1 is 1.18 bits per heavy atom. The summed E-state index contributed by atoms with van der Waals surface area (Å²) in [6.45, 7) is 6.10. The predicted octanol–water partition coefficient (Wildman–Crippen LogP) is 2.59. The average Bonchev–Trinajstić information content (AvgIpc) is 3.00. The average molecular weight is 381 g/mol. The summed E-state index contributed by atoms with van der Waals surface area (Å²) in [4.78, 5) is 14.1. The SMILES string of the molecule is CCCC[NH+](C)Cc1c([O-])ccc2c1O/C(=C\c1ccccc1OCC)C2=O. The van der Waals surface area contributed by atoms with E-state index in [1.165, 1.54) is 11.0 Å². The van der Waals surface area contributed by atoms with Crippen molar-refractivity contribution in [2.24, 2.45) is 0 Å². The highest BCUT2D eigenvalue weighted by Gasteiger charge is 2.31. The van der Waals surface area contributed by atoms with Crippen LogP contribution in [0.4, 0.5) is 0 Å². The third kappa shape index (κ3) is 4.20. The highest BCUT2D eigenvalue weighted by Crippen LogP contribution is 2.38. The van der Waals surface area contributed by atoms with E-state index in [4.69, 9.17) is 9.47 Å². The van der Waals surface area contributed by atoms with Gasteiger partial charge in [-0.1, -0.05) is 43.4 Å². The van der Waals surface area contributed by atoms with Gasteiger partial charge in [0.25, 0.3) is 0 Å². The van der Waals surface area contributed by atoms with E-state index in [2.05, 4.69) is 14.0 Å². The number of benzene rings is 2. The number of rotatable bonds is 8. The number of ketones is 1. The maximum absolute atomic E-state index is 12.8. The molecule has 1 aliphatic rings. The number of hydrogen-bond donors (Lipinski definition) is 1. The van der Waals surface area contributed by atoms with Crippen molar-refractivity contribution in [3.05, 3.63) is 58.8 Å². The van der Waals surface area contributed by atoms with Crippen molar-refractivity contribution in [1.82, 2.24) is 0 Å². The summed E-state index contributed by atoms with van der Waals surface area (Å²) in [5.41, 5.74) is 1.80. The normalized spacial score (nSPS) is 15.4. The summed E-state index contributed by atoms with van der Waals surface area (Å²) in [5, 5.41) is 12.5. The first-order chi connectivity index (χ1) is 13.5. The lowest BCUT2D eigenvalue weighted by atomic mass is 10.0. The van der Waals surface area contributed by atoms with Crippen LogP contribution in [0.3, 0.4) is 0 Å². The summed E-state index contributed by atoms with van der Waals surface area (Å²) < 4.78 is 11.5. The number of ether oxygens (including phenoxy) is 2. The van der Waals surface area contributed by atoms with E-state index >= 15 is 0 Å². The highest BCUT2D eigenvalue weighted by molar-refractivity contribution is 6.15. The Kier molecular flexibility index (Phi) is 6.37. The first-order valence-corrected chi connectivity index (χ1v) is 9.85. The summed E-state index contributed by atoms with van der Waals surface area (Å²) in [5.74, 6) is 1.04. The van der Waals surface area contributed by atoms with Gasteiger partial charge in [-0.25, -0.2) is 0 Å². The number of fused-ring (bicyclic) bond motifs is 1. The number of carbonyl (C=O) groups is 1. The first-order valence-electron chi connectivity index (χ1n) is 9.85. The molecule has 0 bridgehead atoms. The van der Waals surface area contributed by atoms with Gasteiger partial charge in [-0.05, 0) is 31.6 Å². The minimum atomic E-state index is -0.200. The fourth-order valence-corrected chi connectivity index (χ4v) is 3.35. The van der Waals surface area contributed by atoms with Gasteiger partial charge in [0.05, 0.1) is 25.8 Å². The summed E-state index contributed by atoms with van der Waals surface area (Å²) in [6, 6.07) is 10.5. The Morgan fingerprint density at radius 3 is 2.71 bits per heavy atom. The number of nitrogens with one attached hydrogen (secondary N) is 1. The highest BCUT2D eigenvalue weighted by atomic mass is 16.5. The number of hydrogen-bond acceptors (Lipinski definition) is 4. The van der Waals surface area contributed by atoms with Crippen molar-refractivity contribution in [2.75, 3.05) is 20.2 Å². The van der Waals surface area contributed by atoms with Crippen molar-refractivity contribution in [1.29, 1.82) is 0 Å². The fraction of sp³-hybridized carbons (Fsp3) is 0.348. The standard InChI is InChI=1S/C23H27NO4/c1-4-6-13-24(3)15-18-19(25)12-11-17-22(26)21(28-23(17)18)14-16-9-7-8-10-20(16)27-5-2/h7-12,14,25H,4-6,13,15H2,1-3H3/b21-14-. The number of para-hydroxylation sites is 1. The van der Waals surface area contributed by atoms with Gasteiger partial charge in [0, 0.05) is 11.1 Å². The van der Waals surface area contributed by atoms with Gasteiger partial charge in [-0.2, -0.15) is 0 Å². The van der Waals surface area contributed by atoms with Crippen LogP contribution in [-0.4, -0.2) is 26.0 Å². The Balaban J connectivity index is 1.91. The van der Waals surface area contributed by atoms with Crippen molar-refractivity contribution >= 4 is 11.9 Å². The van der Waals surface area contributed by atoms with Crippen LogP contribution >= 0.6 is 0 Å². The van der Waals surface area contributed by atoms with Crippen molar-refractivity contribution in [2.45, 2.75) is 33.2 Å². The largest absolute Gasteiger partial charge is 0.872 e. The van der Waals surface area contributed by atoms with Crippen LogP contribution in [0.25, 0.3) is 6.08 Å². The molecule has 1 atom stereocenters. The Hall–Kier alpha value is -2.79. The monoisotopic (exact) mass is 381 g/mol. The zero-order valence-electron chi connectivity index (χ0n) is 16.7. The molecular weight excluding hydrogens is 354 g/mol. The van der Waals surface area contributed by atoms with E-state index in [9.17, 15) is 9.90 Å². The second-order valence-corrected chi connectivity index (χ2v) is 7.07. The topological polar surface area (TPSA) is 63.0 Å². The van der Waals surface area contributed by atoms with Crippen LogP contribution in [-0.2, 0) is 6.54 Å². The number of quaternary nitrogens is 1. The summed E-state index contributed by atoms with van der Waals surface area (Å²) in [6.07, 6.45) is 3.89. The van der Waals surface area contributed by atoms with Crippen LogP contribution in [0.1, 0.15) is 48.2 Å². The van der Waals surface area contributed by atoms with Crippen LogP contribution in [0, 0.1) is 0 Å². The lowest BCUT2D eigenvalue weighted by Gasteiger charge is -2.20. The molecule has 0 amide bonds. The van der Waals surface area contributed by atoms with Gasteiger partial charge >= 0.3 is 0 Å². The van der Waals surface area contributed by atoms with Crippen molar-refractivity contribution in [3.63, 3.8) is 0 Å². The van der Waals surface area contributed by atoms with E-state index in [-0.39, 0.29) is 17.3 Å². The van der Waals surface area contributed by atoms with Gasteiger partial charge in [-0.3, -0.25) is 4.79 Å². The Labute approximate surface area is 166 Å². The lowest BCUT2D eigenvalue weighted by molar-refractivity contribution is -0.894. The van der Waals surface area contributed by atoms with Crippen LogP contribution in [0.2, 0.25) is 0 Å². The zero-order valence-corrected chi connectivity index (χ0v) is 16.7. The minimum absolute atomic E-state index is 0.0848. The van der Waals surface area contributed by atoms with Gasteiger partial charge in [0.1, 0.15) is 18.0 Å². The molecule has 1 aliphatic heterocycles. The molecule has 0 saturated carbocycles. The summed E-state index contributed by atoms with van der Waals surface area (Å²) in [7, 11) is 2.06. The maximum atomic E-state index is 12.8. The molecule has 0 aromatic heterocycles. The molecule has 5 heteroatoms. The molecule has 1 heterocycles. The van der Waals surface area contributed by atoms with E-state index in [1.807, 2.05) is 31.2 Å². The zero-order chi connectivity index (χ0) is 20.1. The second-order valence-electron chi connectivity index (χ2n) is 7.07. The quantitative estimate of drug-likeness (QED) is 0.714. The number of unbranched alkanes of at least 4 members (excludes halogenated alkanes) is 1. The van der Waals surface area contributed by atoms with Gasteiger partial charge in [0.2, 0.25) is 5.78 Å². The molecule has 5 nitrogen and oxygen atoms in total. The predicted molar refractivity (Wildman–Crippen MR) is 107 cm³/mol. The Morgan fingerprint density at radius 2 is 1.96 bits per heavy atom. The first kappa shape index (κ1) is 20.0. The van der Waals surface area contributed by atoms with Crippen LogP contribution in [0.15, 0.2) is 42.2 Å². The van der Waals surface area contributed by atoms with E-state index in [1.54, 1.807) is 12.1 Å². The lowest BCUT2D eigenvalue weighted by Crippen LogP contribution is -3.07. The molecule has 3 rings (SSSR count). The molecule has 0 fully saturated rings. The van der Waals surface area contributed by atoms with Crippen LogP contribution < -0.4 is 19.5 Å². The van der Waals surface area contributed by atoms with Crippen molar-refractivity contribution < 1.29 is 24.3 Å². The molecule has 0 radical (unpaired) electrons. The number of allylic oxidation sites excluding steroid dienone is 1. The molecular formula is C23H27NO4. The van der Waals surface area contributed by atoms with Gasteiger partial charge in [0.15, 0.2) is 5.76 Å².